The van der Waals surface area contributed by atoms with E-state index in [9.17, 15) is 4.39 Å². The Hall–Kier alpha value is -0.930. The Morgan fingerprint density at radius 3 is 2.86 bits per heavy atom. The van der Waals surface area contributed by atoms with Gasteiger partial charge >= 0.3 is 0 Å². The Morgan fingerprint density at radius 1 is 1.29 bits per heavy atom. The summed E-state index contributed by atoms with van der Waals surface area (Å²) < 4.78 is 19.9. The molecule has 0 saturated heterocycles. The van der Waals surface area contributed by atoms with Crippen LogP contribution < -0.4 is 5.32 Å². The van der Waals surface area contributed by atoms with Crippen LogP contribution in [0, 0.1) is 11.7 Å². The van der Waals surface area contributed by atoms with Crippen molar-refractivity contribution < 1.29 is 9.13 Å². The highest BCUT2D eigenvalue weighted by molar-refractivity contribution is 5.24. The Labute approximate surface area is 128 Å². The van der Waals surface area contributed by atoms with Crippen molar-refractivity contribution in [2.24, 2.45) is 5.92 Å². The average Bonchev–Trinajstić information content (AvgIpc) is 2.49. The second-order valence-corrected chi connectivity index (χ2v) is 6.21. The lowest BCUT2D eigenvalue weighted by atomic mass is 9.88. The quantitative estimate of drug-likeness (QED) is 0.751. The fraction of sp³-hybridized carbons (Fsp3) is 0.667. The van der Waals surface area contributed by atoms with Gasteiger partial charge in [-0.2, -0.15) is 0 Å². The van der Waals surface area contributed by atoms with Crippen LogP contribution in [0.5, 0.6) is 0 Å². The van der Waals surface area contributed by atoms with Crippen LogP contribution in [0.1, 0.15) is 57.1 Å². The van der Waals surface area contributed by atoms with Gasteiger partial charge in [0, 0.05) is 12.1 Å². The molecule has 0 aromatic heterocycles. The van der Waals surface area contributed by atoms with E-state index in [2.05, 4.69) is 19.2 Å². The summed E-state index contributed by atoms with van der Waals surface area (Å²) in [6, 6.07) is 5.35. The van der Waals surface area contributed by atoms with Gasteiger partial charge in [0.2, 0.25) is 0 Å². The zero-order valence-corrected chi connectivity index (χ0v) is 13.3. The zero-order valence-electron chi connectivity index (χ0n) is 13.3. The van der Waals surface area contributed by atoms with E-state index in [0.29, 0.717) is 24.2 Å². The number of benzene rings is 1. The summed E-state index contributed by atoms with van der Waals surface area (Å²) >= 11 is 0. The fourth-order valence-corrected chi connectivity index (χ4v) is 2.98. The molecule has 2 atom stereocenters. The molecular formula is C18H28FNO. The molecule has 1 fully saturated rings. The van der Waals surface area contributed by atoms with Gasteiger partial charge in [0.1, 0.15) is 5.82 Å². The largest absolute Gasteiger partial charge is 0.373 e. The highest BCUT2D eigenvalue weighted by Crippen LogP contribution is 2.27. The maximum Gasteiger partial charge on any atom is 0.128 e. The van der Waals surface area contributed by atoms with Gasteiger partial charge in [-0.15, -0.1) is 0 Å². The second-order valence-electron chi connectivity index (χ2n) is 6.21. The van der Waals surface area contributed by atoms with Crippen LogP contribution in [0.2, 0.25) is 0 Å². The van der Waals surface area contributed by atoms with Crippen molar-refractivity contribution in [3.05, 3.63) is 35.1 Å². The predicted molar refractivity (Wildman–Crippen MR) is 84.6 cm³/mol. The molecule has 1 aromatic rings. The van der Waals surface area contributed by atoms with Gasteiger partial charge < -0.3 is 10.1 Å². The van der Waals surface area contributed by atoms with Gasteiger partial charge in [-0.05, 0) is 49.4 Å². The third kappa shape index (κ3) is 5.08. The van der Waals surface area contributed by atoms with Crippen molar-refractivity contribution in [2.75, 3.05) is 6.54 Å². The summed E-state index contributed by atoms with van der Waals surface area (Å²) in [5, 5.41) is 3.35. The van der Waals surface area contributed by atoms with Crippen molar-refractivity contribution in [2.45, 2.75) is 65.2 Å². The smallest absolute Gasteiger partial charge is 0.128 e. The monoisotopic (exact) mass is 293 g/mol. The van der Waals surface area contributed by atoms with Crippen LogP contribution >= 0.6 is 0 Å². The highest BCUT2D eigenvalue weighted by Gasteiger charge is 2.22. The second kappa shape index (κ2) is 8.50. The topological polar surface area (TPSA) is 21.3 Å². The molecule has 3 heteroatoms. The maximum atomic E-state index is 13.9. The van der Waals surface area contributed by atoms with E-state index in [-0.39, 0.29) is 5.82 Å². The minimum absolute atomic E-state index is 0.155. The van der Waals surface area contributed by atoms with Gasteiger partial charge in [-0.1, -0.05) is 32.8 Å². The van der Waals surface area contributed by atoms with Crippen LogP contribution in [0.4, 0.5) is 4.39 Å². The first-order chi connectivity index (χ1) is 10.2. The Morgan fingerprint density at radius 2 is 2.10 bits per heavy atom. The van der Waals surface area contributed by atoms with E-state index in [0.717, 1.165) is 31.5 Å². The van der Waals surface area contributed by atoms with Crippen molar-refractivity contribution in [1.82, 2.24) is 5.32 Å². The lowest BCUT2D eigenvalue weighted by Gasteiger charge is -2.28. The molecule has 0 amide bonds. The average molecular weight is 293 g/mol. The van der Waals surface area contributed by atoms with Crippen LogP contribution in [-0.4, -0.2) is 12.6 Å². The first-order valence-corrected chi connectivity index (χ1v) is 8.30. The third-order valence-corrected chi connectivity index (χ3v) is 4.35. The minimum atomic E-state index is -0.155. The molecular weight excluding hydrogens is 265 g/mol. The molecule has 0 heterocycles. The molecule has 21 heavy (non-hydrogen) atoms. The standard InChI is InChI=1S/C18H28FNO/c1-3-10-20-12-15-8-9-17(19)16(11-15)13-21-18-7-5-4-6-14(18)2/h8-9,11,14,18,20H,3-7,10,12-13H2,1-2H3. The molecule has 0 aliphatic heterocycles. The van der Waals surface area contributed by atoms with E-state index in [1.165, 1.54) is 19.3 Å². The van der Waals surface area contributed by atoms with Crippen molar-refractivity contribution >= 4 is 0 Å². The van der Waals surface area contributed by atoms with Crippen LogP contribution in [0.15, 0.2) is 18.2 Å². The molecule has 0 bridgehead atoms. The van der Waals surface area contributed by atoms with E-state index in [1.807, 2.05) is 12.1 Å². The van der Waals surface area contributed by atoms with Crippen molar-refractivity contribution in [1.29, 1.82) is 0 Å². The van der Waals surface area contributed by atoms with Gasteiger partial charge in [-0.25, -0.2) is 4.39 Å². The number of hydrogen-bond donors (Lipinski definition) is 1. The van der Waals surface area contributed by atoms with Crippen LogP contribution in [0.3, 0.4) is 0 Å². The molecule has 2 rings (SSSR count). The van der Waals surface area contributed by atoms with E-state index in [1.54, 1.807) is 6.07 Å². The Bertz CT molecular complexity index is 435. The molecule has 0 radical (unpaired) electrons. The number of hydrogen-bond acceptors (Lipinski definition) is 2. The number of ether oxygens (including phenoxy) is 1. The Balaban J connectivity index is 1.90. The molecule has 1 aromatic carbocycles. The van der Waals surface area contributed by atoms with Crippen LogP contribution in [-0.2, 0) is 17.9 Å². The van der Waals surface area contributed by atoms with Gasteiger partial charge in [0.05, 0.1) is 12.7 Å². The SMILES string of the molecule is CCCNCc1ccc(F)c(COC2CCCCC2C)c1. The first-order valence-electron chi connectivity index (χ1n) is 8.30. The minimum Gasteiger partial charge on any atom is -0.373 e. The number of rotatable bonds is 7. The molecule has 1 aliphatic carbocycles. The summed E-state index contributed by atoms with van der Waals surface area (Å²) in [6.07, 6.45) is 6.28. The van der Waals surface area contributed by atoms with E-state index < -0.39 is 0 Å². The highest BCUT2D eigenvalue weighted by atomic mass is 19.1. The lowest BCUT2D eigenvalue weighted by Crippen LogP contribution is -2.25. The van der Waals surface area contributed by atoms with E-state index in [4.69, 9.17) is 4.74 Å². The summed E-state index contributed by atoms with van der Waals surface area (Å²) in [6.45, 7) is 6.56. The molecule has 2 nitrogen and oxygen atoms in total. The summed E-state index contributed by atoms with van der Waals surface area (Å²) in [5.74, 6) is 0.439. The normalized spacial score (nSPS) is 22.4. The first kappa shape index (κ1) is 16.4. The maximum absolute atomic E-state index is 13.9. The van der Waals surface area contributed by atoms with Gasteiger partial charge in [-0.3, -0.25) is 0 Å². The molecule has 1 saturated carbocycles. The lowest BCUT2D eigenvalue weighted by molar-refractivity contribution is -0.0165. The summed E-state index contributed by atoms with van der Waals surface area (Å²) in [5.41, 5.74) is 1.81. The zero-order chi connectivity index (χ0) is 15.1. The third-order valence-electron chi connectivity index (χ3n) is 4.35. The number of nitrogens with one attached hydrogen (secondary N) is 1. The molecule has 2 unspecified atom stereocenters. The van der Waals surface area contributed by atoms with Crippen molar-refractivity contribution in [3.8, 4) is 0 Å². The summed E-state index contributed by atoms with van der Waals surface area (Å²) in [4.78, 5) is 0. The molecule has 1 aliphatic rings. The van der Waals surface area contributed by atoms with Gasteiger partial charge in [0.15, 0.2) is 0 Å². The molecule has 0 spiro atoms. The van der Waals surface area contributed by atoms with E-state index >= 15 is 0 Å². The fourth-order valence-electron chi connectivity index (χ4n) is 2.98. The predicted octanol–water partition coefficient (Wildman–Crippen LogP) is 4.42. The van der Waals surface area contributed by atoms with Gasteiger partial charge in [0.25, 0.3) is 0 Å². The molecule has 118 valence electrons. The van der Waals surface area contributed by atoms with Crippen molar-refractivity contribution in [3.63, 3.8) is 0 Å². The van der Waals surface area contributed by atoms with Crippen LogP contribution in [0.25, 0.3) is 0 Å². The Kier molecular flexibility index (Phi) is 6.65. The summed E-state index contributed by atoms with van der Waals surface area (Å²) in [7, 11) is 0. The number of halogens is 1. The molecule has 1 N–H and O–H groups in total.